The van der Waals surface area contributed by atoms with Gasteiger partial charge in [0.05, 0.1) is 5.52 Å². The van der Waals surface area contributed by atoms with Crippen LogP contribution in [0.15, 0.2) is 36.5 Å². The molecule has 0 radical (unpaired) electrons. The van der Waals surface area contributed by atoms with Gasteiger partial charge in [-0.3, -0.25) is 0 Å². The van der Waals surface area contributed by atoms with E-state index in [0.717, 1.165) is 0 Å². The molecule has 118 valence electrons. The van der Waals surface area contributed by atoms with Crippen molar-refractivity contribution in [3.63, 3.8) is 0 Å². The van der Waals surface area contributed by atoms with Gasteiger partial charge in [0.2, 0.25) is 5.75 Å². The maximum absolute atomic E-state index is 13.8. The highest BCUT2D eigenvalue weighted by atomic mass is 19.1. The first-order valence-electron chi connectivity index (χ1n) is 6.97. The summed E-state index contributed by atoms with van der Waals surface area (Å²) < 4.78 is 21.1. The number of aromatic nitrogens is 3. The van der Waals surface area contributed by atoms with Crippen LogP contribution in [0.2, 0.25) is 0 Å². The molecule has 2 heterocycles. The number of aryl methyl sites for hydroxylation is 1. The molecule has 0 aliphatic heterocycles. The number of imidazole rings is 1. The molecular formula is C15H13FN4O3. The first-order chi connectivity index (χ1) is 11.1. The quantitative estimate of drug-likeness (QED) is 0.533. The average molecular weight is 316 g/mol. The molecule has 0 unspecified atom stereocenters. The molecule has 0 aliphatic carbocycles. The molecule has 2 aromatic heterocycles. The molecule has 0 fully saturated rings. The van der Waals surface area contributed by atoms with Gasteiger partial charge in [0, 0.05) is 6.54 Å². The molecule has 7 nitrogen and oxygen atoms in total. The average Bonchev–Trinajstić information content (AvgIpc) is 2.92. The Kier molecular flexibility index (Phi) is 3.88. The number of benzene rings is 1. The van der Waals surface area contributed by atoms with Crippen LogP contribution in [-0.2, 0) is 13.2 Å². The normalized spacial score (nSPS) is 10.9. The molecule has 0 aliphatic rings. The van der Waals surface area contributed by atoms with E-state index < -0.39 is 10.7 Å². The Labute approximate surface area is 130 Å². The maximum atomic E-state index is 13.8. The summed E-state index contributed by atoms with van der Waals surface area (Å²) in [7, 11) is 0. The lowest BCUT2D eigenvalue weighted by molar-refractivity contribution is -0.390. The lowest BCUT2D eigenvalue weighted by atomic mass is 10.3. The second-order valence-corrected chi connectivity index (χ2v) is 4.75. The van der Waals surface area contributed by atoms with Gasteiger partial charge >= 0.3 is 5.82 Å². The van der Waals surface area contributed by atoms with Crippen molar-refractivity contribution in [3.8, 4) is 5.75 Å². The number of hydrogen-bond donors (Lipinski definition) is 0. The van der Waals surface area contributed by atoms with Crippen LogP contribution in [0.5, 0.6) is 5.75 Å². The minimum absolute atomic E-state index is 0.0194. The lowest BCUT2D eigenvalue weighted by Crippen LogP contribution is -2.07. The summed E-state index contributed by atoms with van der Waals surface area (Å²) in [6.45, 7) is 2.46. The van der Waals surface area contributed by atoms with Crippen LogP contribution in [0, 0.1) is 15.9 Å². The number of halogens is 1. The summed E-state index contributed by atoms with van der Waals surface area (Å²) in [5, 5.41) is 10.9. The van der Waals surface area contributed by atoms with E-state index in [-0.39, 0.29) is 23.7 Å². The minimum atomic E-state index is -0.613. The van der Waals surface area contributed by atoms with Gasteiger partial charge in [-0.05, 0) is 41.1 Å². The molecule has 0 saturated carbocycles. The first kappa shape index (κ1) is 14.9. The minimum Gasteiger partial charge on any atom is -0.478 e. The standard InChI is InChI=1S/C15H13FN4O3/c1-2-19-11-6-3-5-10(16)14(11)18-13(19)9-23-12-7-4-8-17-15(12)20(21)22/h3-8H,2,9H2,1H3. The van der Waals surface area contributed by atoms with Crippen molar-refractivity contribution in [1.29, 1.82) is 0 Å². The Bertz CT molecular complexity index is 878. The molecule has 0 bridgehead atoms. The second kappa shape index (κ2) is 5.99. The van der Waals surface area contributed by atoms with Crippen LogP contribution in [-0.4, -0.2) is 19.5 Å². The predicted molar refractivity (Wildman–Crippen MR) is 80.6 cm³/mol. The van der Waals surface area contributed by atoms with Crippen molar-refractivity contribution >= 4 is 16.9 Å². The molecule has 3 aromatic rings. The van der Waals surface area contributed by atoms with Crippen LogP contribution in [0.4, 0.5) is 10.2 Å². The number of hydrogen-bond acceptors (Lipinski definition) is 5. The Morgan fingerprint density at radius 2 is 2.17 bits per heavy atom. The summed E-state index contributed by atoms with van der Waals surface area (Å²) in [6, 6.07) is 7.73. The van der Waals surface area contributed by atoms with Crippen molar-refractivity contribution in [1.82, 2.24) is 14.5 Å². The number of ether oxygens (including phenoxy) is 1. The summed E-state index contributed by atoms with van der Waals surface area (Å²) in [4.78, 5) is 18.2. The van der Waals surface area contributed by atoms with E-state index in [1.165, 1.54) is 18.3 Å². The molecule has 0 atom stereocenters. The van der Waals surface area contributed by atoms with Crippen molar-refractivity contribution in [2.75, 3.05) is 0 Å². The second-order valence-electron chi connectivity index (χ2n) is 4.75. The summed E-state index contributed by atoms with van der Waals surface area (Å²) in [6.07, 6.45) is 1.32. The molecule has 3 rings (SSSR count). The zero-order valence-electron chi connectivity index (χ0n) is 12.3. The first-order valence-corrected chi connectivity index (χ1v) is 6.97. The summed E-state index contributed by atoms with van der Waals surface area (Å²) in [5.74, 6) is -0.236. The van der Waals surface area contributed by atoms with Crippen molar-refractivity contribution < 1.29 is 14.1 Å². The Morgan fingerprint density at radius 1 is 1.35 bits per heavy atom. The largest absolute Gasteiger partial charge is 0.478 e. The van der Waals surface area contributed by atoms with Crippen LogP contribution < -0.4 is 4.74 Å². The fourth-order valence-corrected chi connectivity index (χ4v) is 2.40. The fraction of sp³-hybridized carbons (Fsp3) is 0.200. The fourth-order valence-electron chi connectivity index (χ4n) is 2.40. The van der Waals surface area contributed by atoms with Gasteiger partial charge in [-0.25, -0.2) is 9.37 Å². The zero-order chi connectivity index (χ0) is 16.4. The Balaban J connectivity index is 1.94. The zero-order valence-corrected chi connectivity index (χ0v) is 12.3. The van der Waals surface area contributed by atoms with Crippen LogP contribution >= 0.6 is 0 Å². The predicted octanol–water partition coefficient (Wildman–Crippen LogP) is 3.08. The number of para-hydroxylation sites is 1. The molecular weight excluding hydrogens is 303 g/mol. The number of nitro groups is 1. The highest BCUT2D eigenvalue weighted by molar-refractivity contribution is 5.76. The van der Waals surface area contributed by atoms with E-state index in [4.69, 9.17) is 4.74 Å². The van der Waals surface area contributed by atoms with Gasteiger partial charge in [-0.15, -0.1) is 0 Å². The van der Waals surface area contributed by atoms with Crippen molar-refractivity contribution in [2.45, 2.75) is 20.1 Å². The molecule has 0 N–H and O–H groups in total. The van der Waals surface area contributed by atoms with Gasteiger partial charge in [-0.2, -0.15) is 0 Å². The summed E-state index contributed by atoms with van der Waals surface area (Å²) >= 11 is 0. The number of nitrogens with zero attached hydrogens (tertiary/aromatic N) is 4. The SMILES string of the molecule is CCn1c(COc2cccnc2[N+](=O)[O-])nc2c(F)cccc21. The van der Waals surface area contributed by atoms with E-state index >= 15 is 0 Å². The number of pyridine rings is 1. The highest BCUT2D eigenvalue weighted by Gasteiger charge is 2.18. The van der Waals surface area contributed by atoms with Gasteiger partial charge in [0.25, 0.3) is 0 Å². The molecule has 23 heavy (non-hydrogen) atoms. The third kappa shape index (κ3) is 2.70. The molecule has 1 aromatic carbocycles. The van der Waals surface area contributed by atoms with Gasteiger partial charge in [0.15, 0.2) is 5.82 Å². The van der Waals surface area contributed by atoms with Crippen LogP contribution in [0.1, 0.15) is 12.7 Å². The van der Waals surface area contributed by atoms with Gasteiger partial charge < -0.3 is 19.4 Å². The maximum Gasteiger partial charge on any atom is 0.406 e. The van der Waals surface area contributed by atoms with Crippen molar-refractivity contribution in [3.05, 3.63) is 58.3 Å². The Hall–Kier alpha value is -3.03. The third-order valence-electron chi connectivity index (χ3n) is 3.41. The lowest BCUT2D eigenvalue weighted by Gasteiger charge is -2.08. The van der Waals surface area contributed by atoms with Crippen LogP contribution in [0.25, 0.3) is 11.0 Å². The number of rotatable bonds is 5. The third-order valence-corrected chi connectivity index (χ3v) is 3.41. The topological polar surface area (TPSA) is 83.1 Å². The molecule has 0 saturated heterocycles. The smallest absolute Gasteiger partial charge is 0.406 e. The number of fused-ring (bicyclic) bond motifs is 1. The molecule has 8 heteroatoms. The monoisotopic (exact) mass is 316 g/mol. The Morgan fingerprint density at radius 3 is 2.91 bits per heavy atom. The summed E-state index contributed by atoms with van der Waals surface area (Å²) in [5.41, 5.74) is 0.917. The van der Waals surface area contributed by atoms with Crippen molar-refractivity contribution in [2.24, 2.45) is 0 Å². The van der Waals surface area contributed by atoms with E-state index in [1.807, 2.05) is 6.92 Å². The van der Waals surface area contributed by atoms with E-state index in [1.54, 1.807) is 22.8 Å². The molecule has 0 amide bonds. The van der Waals surface area contributed by atoms with E-state index in [2.05, 4.69) is 9.97 Å². The molecule has 0 spiro atoms. The van der Waals surface area contributed by atoms with E-state index in [9.17, 15) is 14.5 Å². The van der Waals surface area contributed by atoms with Gasteiger partial charge in [-0.1, -0.05) is 6.07 Å². The van der Waals surface area contributed by atoms with Gasteiger partial charge in [0.1, 0.15) is 24.1 Å². The van der Waals surface area contributed by atoms with Crippen LogP contribution in [0.3, 0.4) is 0 Å². The van der Waals surface area contributed by atoms with E-state index in [0.29, 0.717) is 17.9 Å². The highest BCUT2D eigenvalue weighted by Crippen LogP contribution is 2.25.